The third kappa shape index (κ3) is 9.27. The standard InChI is InChI=1S/C7H13F3N2O2/c1-11-6(13)3-2-4-12-14-5-7(8,9)10/h12H,2-5H2,1H3,(H,11,13). The zero-order valence-electron chi connectivity index (χ0n) is 7.78. The Kier molecular flexibility index (Phi) is 6.22. The van der Waals surface area contributed by atoms with Crippen LogP contribution in [0, 0.1) is 0 Å². The molecule has 0 aliphatic carbocycles. The van der Waals surface area contributed by atoms with Gasteiger partial charge in [0, 0.05) is 20.0 Å². The second-order valence-corrected chi connectivity index (χ2v) is 2.57. The smallest absolute Gasteiger partial charge is 0.359 e. The minimum atomic E-state index is -4.33. The van der Waals surface area contributed by atoms with Crippen LogP contribution in [0.1, 0.15) is 12.8 Å². The van der Waals surface area contributed by atoms with Gasteiger partial charge in [0.2, 0.25) is 5.91 Å². The fourth-order valence-electron chi connectivity index (χ4n) is 0.651. The molecule has 0 heterocycles. The highest BCUT2D eigenvalue weighted by Gasteiger charge is 2.27. The second kappa shape index (κ2) is 6.61. The van der Waals surface area contributed by atoms with Crippen molar-refractivity contribution in [2.24, 2.45) is 0 Å². The van der Waals surface area contributed by atoms with Crippen molar-refractivity contribution in [3.63, 3.8) is 0 Å². The minimum Gasteiger partial charge on any atom is -0.359 e. The number of rotatable bonds is 6. The Labute approximate surface area is 79.8 Å². The van der Waals surface area contributed by atoms with Gasteiger partial charge >= 0.3 is 6.18 Å². The summed E-state index contributed by atoms with van der Waals surface area (Å²) in [4.78, 5) is 14.8. The summed E-state index contributed by atoms with van der Waals surface area (Å²) in [6.07, 6.45) is -3.63. The highest BCUT2D eigenvalue weighted by molar-refractivity contribution is 5.75. The van der Waals surface area contributed by atoms with Gasteiger partial charge < -0.3 is 5.32 Å². The highest BCUT2D eigenvalue weighted by Crippen LogP contribution is 2.13. The summed E-state index contributed by atoms with van der Waals surface area (Å²) >= 11 is 0. The van der Waals surface area contributed by atoms with Crippen molar-refractivity contribution in [3.8, 4) is 0 Å². The molecule has 0 saturated heterocycles. The van der Waals surface area contributed by atoms with Gasteiger partial charge in [-0.3, -0.25) is 9.63 Å². The van der Waals surface area contributed by atoms with Crippen molar-refractivity contribution < 1.29 is 22.8 Å². The van der Waals surface area contributed by atoms with Gasteiger partial charge in [-0.2, -0.15) is 13.2 Å². The molecule has 0 fully saturated rings. The summed E-state index contributed by atoms with van der Waals surface area (Å²) in [7, 11) is 1.50. The van der Waals surface area contributed by atoms with Crippen LogP contribution in [0.3, 0.4) is 0 Å². The number of halogens is 3. The zero-order chi connectivity index (χ0) is 11.0. The van der Waals surface area contributed by atoms with Gasteiger partial charge in [-0.05, 0) is 6.42 Å². The van der Waals surface area contributed by atoms with E-state index in [1.165, 1.54) is 7.05 Å². The predicted octanol–water partition coefficient (Wildman–Crippen LogP) is 0.596. The normalized spacial score (nSPS) is 11.4. The molecule has 2 N–H and O–H groups in total. The number of alkyl halides is 3. The summed E-state index contributed by atoms with van der Waals surface area (Å²) in [5, 5.41) is 2.39. The maximum atomic E-state index is 11.5. The number of hydrogen-bond acceptors (Lipinski definition) is 3. The fourth-order valence-corrected chi connectivity index (χ4v) is 0.651. The van der Waals surface area contributed by atoms with E-state index in [1.807, 2.05) is 0 Å². The Bertz CT molecular complexity index is 173. The summed E-state index contributed by atoms with van der Waals surface area (Å²) in [6.45, 7) is -1.11. The van der Waals surface area contributed by atoms with E-state index in [9.17, 15) is 18.0 Å². The fraction of sp³-hybridized carbons (Fsp3) is 0.857. The number of carbonyl (C=O) groups excluding carboxylic acids is 1. The third-order valence-electron chi connectivity index (χ3n) is 1.30. The van der Waals surface area contributed by atoms with Gasteiger partial charge in [-0.25, -0.2) is 5.48 Å². The lowest BCUT2D eigenvalue weighted by molar-refractivity contribution is -0.189. The minimum absolute atomic E-state index is 0.150. The molecule has 0 spiro atoms. The predicted molar refractivity (Wildman–Crippen MR) is 43.3 cm³/mol. The maximum absolute atomic E-state index is 11.5. The van der Waals surface area contributed by atoms with Crippen LogP contribution in [0.4, 0.5) is 13.2 Å². The van der Waals surface area contributed by atoms with Gasteiger partial charge in [-0.1, -0.05) is 0 Å². The van der Waals surface area contributed by atoms with Crippen molar-refractivity contribution in [2.45, 2.75) is 19.0 Å². The first-order valence-electron chi connectivity index (χ1n) is 4.07. The molecule has 0 saturated carbocycles. The monoisotopic (exact) mass is 214 g/mol. The first kappa shape index (κ1) is 13.2. The number of amides is 1. The van der Waals surface area contributed by atoms with Crippen molar-refractivity contribution >= 4 is 5.91 Å². The van der Waals surface area contributed by atoms with Crippen LogP contribution < -0.4 is 10.8 Å². The molecule has 84 valence electrons. The molecule has 0 radical (unpaired) electrons. The van der Waals surface area contributed by atoms with Crippen molar-refractivity contribution in [2.75, 3.05) is 20.2 Å². The van der Waals surface area contributed by atoms with E-state index in [2.05, 4.69) is 15.6 Å². The summed E-state index contributed by atoms with van der Waals surface area (Å²) in [5.74, 6) is -0.150. The number of carbonyl (C=O) groups is 1. The molecule has 0 unspecified atom stereocenters. The molecule has 7 heteroatoms. The molecule has 14 heavy (non-hydrogen) atoms. The average Bonchev–Trinajstić information content (AvgIpc) is 2.08. The molecule has 4 nitrogen and oxygen atoms in total. The maximum Gasteiger partial charge on any atom is 0.413 e. The number of hydroxylamine groups is 1. The second-order valence-electron chi connectivity index (χ2n) is 2.57. The zero-order valence-corrected chi connectivity index (χ0v) is 7.78. The van der Waals surface area contributed by atoms with Gasteiger partial charge in [0.25, 0.3) is 0 Å². The summed E-state index contributed by atoms with van der Waals surface area (Å²) < 4.78 is 34.6. The Hall–Kier alpha value is -0.820. The van der Waals surface area contributed by atoms with Crippen LogP contribution in [-0.2, 0) is 9.63 Å². The van der Waals surface area contributed by atoms with Crippen LogP contribution in [0.15, 0.2) is 0 Å². The van der Waals surface area contributed by atoms with Crippen LogP contribution >= 0.6 is 0 Å². The number of nitrogens with one attached hydrogen (secondary N) is 2. The van der Waals surface area contributed by atoms with Crippen LogP contribution in [0.25, 0.3) is 0 Å². The topological polar surface area (TPSA) is 50.4 Å². The lowest BCUT2D eigenvalue weighted by Gasteiger charge is -2.07. The van der Waals surface area contributed by atoms with Crippen LogP contribution in [-0.4, -0.2) is 32.3 Å². The van der Waals surface area contributed by atoms with Crippen LogP contribution in [0.2, 0.25) is 0 Å². The Morgan fingerprint density at radius 2 is 2.07 bits per heavy atom. The quantitative estimate of drug-likeness (QED) is 0.502. The van der Waals surface area contributed by atoms with E-state index in [0.717, 1.165) is 0 Å². The van der Waals surface area contributed by atoms with E-state index < -0.39 is 12.8 Å². The Balaban J connectivity index is 3.18. The molecule has 0 atom stereocenters. The van der Waals surface area contributed by atoms with E-state index in [4.69, 9.17) is 0 Å². The molecular weight excluding hydrogens is 201 g/mol. The first-order chi connectivity index (χ1) is 6.45. The largest absolute Gasteiger partial charge is 0.413 e. The van der Waals surface area contributed by atoms with Crippen LogP contribution in [0.5, 0.6) is 0 Å². The molecule has 0 aliphatic heterocycles. The van der Waals surface area contributed by atoms with Gasteiger partial charge in [0.05, 0.1) is 0 Å². The molecule has 0 rings (SSSR count). The molecule has 0 aliphatic rings. The molecule has 0 aromatic carbocycles. The van der Waals surface area contributed by atoms with E-state index in [-0.39, 0.29) is 18.9 Å². The van der Waals surface area contributed by atoms with Crippen molar-refractivity contribution in [1.82, 2.24) is 10.8 Å². The lowest BCUT2D eigenvalue weighted by Crippen LogP contribution is -2.26. The highest BCUT2D eigenvalue weighted by atomic mass is 19.4. The molecular formula is C7H13F3N2O2. The van der Waals surface area contributed by atoms with Crippen molar-refractivity contribution in [3.05, 3.63) is 0 Å². The van der Waals surface area contributed by atoms with Gasteiger partial charge in [0.15, 0.2) is 6.61 Å². The third-order valence-corrected chi connectivity index (χ3v) is 1.30. The molecule has 1 amide bonds. The number of hydrogen-bond donors (Lipinski definition) is 2. The molecule has 0 aromatic heterocycles. The van der Waals surface area contributed by atoms with E-state index >= 15 is 0 Å². The van der Waals surface area contributed by atoms with Gasteiger partial charge in [0.1, 0.15) is 0 Å². The SMILES string of the molecule is CNC(=O)CCCNOCC(F)(F)F. The average molecular weight is 214 g/mol. The Morgan fingerprint density at radius 1 is 1.43 bits per heavy atom. The molecule has 0 aromatic rings. The van der Waals surface area contributed by atoms with E-state index in [1.54, 1.807) is 0 Å². The molecule has 0 bridgehead atoms. The van der Waals surface area contributed by atoms with Gasteiger partial charge in [-0.15, -0.1) is 0 Å². The lowest BCUT2D eigenvalue weighted by atomic mass is 10.3. The van der Waals surface area contributed by atoms with Crippen molar-refractivity contribution in [1.29, 1.82) is 0 Å². The first-order valence-corrected chi connectivity index (χ1v) is 4.07. The summed E-state index contributed by atoms with van der Waals surface area (Å²) in [6, 6.07) is 0. The Morgan fingerprint density at radius 3 is 2.57 bits per heavy atom. The van der Waals surface area contributed by atoms with E-state index in [0.29, 0.717) is 6.42 Å². The summed E-state index contributed by atoms with van der Waals surface area (Å²) in [5.41, 5.74) is 2.12.